The Morgan fingerprint density at radius 3 is 2.68 bits per heavy atom. The van der Waals surface area contributed by atoms with E-state index >= 15 is 0 Å². The highest BCUT2D eigenvalue weighted by Gasteiger charge is 2.16. The highest BCUT2D eigenvalue weighted by molar-refractivity contribution is 9.10. The van der Waals surface area contributed by atoms with Crippen molar-refractivity contribution in [3.63, 3.8) is 0 Å². The van der Waals surface area contributed by atoms with E-state index in [-0.39, 0.29) is 24.9 Å². The second kappa shape index (κ2) is 7.13. The molecule has 0 fully saturated rings. The van der Waals surface area contributed by atoms with Crippen LogP contribution in [0.5, 0.6) is 5.75 Å². The summed E-state index contributed by atoms with van der Waals surface area (Å²) in [6, 6.07) is 5.18. The molecule has 1 aromatic rings. The minimum Gasteiger partial charge on any atom is -0.491 e. The maximum Gasteiger partial charge on any atom is 0.404 e. The summed E-state index contributed by atoms with van der Waals surface area (Å²) in [4.78, 5) is 22.3. The SMILES string of the molecule is CC(C)C(=O)c1ccc(Br)cc1OCCNC(=O)O. The van der Waals surface area contributed by atoms with Crippen LogP contribution in [0.3, 0.4) is 0 Å². The highest BCUT2D eigenvalue weighted by Crippen LogP contribution is 2.26. The number of rotatable bonds is 6. The van der Waals surface area contributed by atoms with Crippen LogP contribution in [0.4, 0.5) is 4.79 Å². The molecule has 0 unspecified atom stereocenters. The van der Waals surface area contributed by atoms with Crippen molar-refractivity contribution in [2.24, 2.45) is 5.92 Å². The van der Waals surface area contributed by atoms with Gasteiger partial charge in [-0.05, 0) is 18.2 Å². The zero-order chi connectivity index (χ0) is 14.4. The fraction of sp³-hybridized carbons (Fsp3) is 0.385. The molecule has 2 N–H and O–H groups in total. The van der Waals surface area contributed by atoms with Gasteiger partial charge >= 0.3 is 6.09 Å². The third-order valence-electron chi connectivity index (χ3n) is 2.37. The topological polar surface area (TPSA) is 75.6 Å². The lowest BCUT2D eigenvalue weighted by molar-refractivity contribution is 0.0935. The van der Waals surface area contributed by atoms with Crippen LogP contribution in [-0.4, -0.2) is 30.1 Å². The van der Waals surface area contributed by atoms with Crippen LogP contribution in [0.25, 0.3) is 0 Å². The average Bonchev–Trinajstić information content (AvgIpc) is 2.33. The van der Waals surface area contributed by atoms with Gasteiger partial charge in [0.05, 0.1) is 12.1 Å². The van der Waals surface area contributed by atoms with E-state index in [2.05, 4.69) is 21.2 Å². The molecule has 6 heteroatoms. The molecule has 0 aliphatic heterocycles. The largest absolute Gasteiger partial charge is 0.491 e. The summed E-state index contributed by atoms with van der Waals surface area (Å²) < 4.78 is 6.26. The summed E-state index contributed by atoms with van der Waals surface area (Å²) in [5.41, 5.74) is 0.508. The van der Waals surface area contributed by atoms with Crippen LogP contribution in [0.1, 0.15) is 24.2 Å². The zero-order valence-corrected chi connectivity index (χ0v) is 12.4. The summed E-state index contributed by atoms with van der Waals surface area (Å²) in [5.74, 6) is 0.328. The number of ketones is 1. The maximum absolute atomic E-state index is 12.0. The van der Waals surface area contributed by atoms with Crippen molar-refractivity contribution in [2.75, 3.05) is 13.2 Å². The summed E-state index contributed by atoms with van der Waals surface area (Å²) in [6.07, 6.45) is -1.10. The van der Waals surface area contributed by atoms with Gasteiger partial charge in [-0.25, -0.2) is 4.79 Å². The second-order valence-corrected chi connectivity index (χ2v) is 5.16. The number of benzene rings is 1. The van der Waals surface area contributed by atoms with Gasteiger partial charge < -0.3 is 15.2 Å². The standard InChI is InChI=1S/C13H16BrNO4/c1-8(2)12(16)10-4-3-9(14)7-11(10)19-6-5-15-13(17)18/h3-4,7-8,15H,5-6H2,1-2H3,(H,17,18). The van der Waals surface area contributed by atoms with Gasteiger partial charge in [-0.1, -0.05) is 29.8 Å². The highest BCUT2D eigenvalue weighted by atomic mass is 79.9. The lowest BCUT2D eigenvalue weighted by Crippen LogP contribution is -2.26. The Labute approximate surface area is 120 Å². The Morgan fingerprint density at radius 1 is 1.42 bits per heavy atom. The number of Topliss-reactive ketones (excluding diaryl/α,β-unsaturated/α-hetero) is 1. The number of amides is 1. The Kier molecular flexibility index (Phi) is 5.82. The van der Waals surface area contributed by atoms with Crippen LogP contribution in [0, 0.1) is 5.92 Å². The van der Waals surface area contributed by atoms with Crippen molar-refractivity contribution < 1.29 is 19.4 Å². The minimum atomic E-state index is -1.10. The van der Waals surface area contributed by atoms with Gasteiger partial charge in [-0.3, -0.25) is 4.79 Å². The number of nitrogens with one attached hydrogen (secondary N) is 1. The number of carbonyl (C=O) groups is 2. The normalized spacial score (nSPS) is 10.3. The number of halogens is 1. The van der Waals surface area contributed by atoms with Crippen molar-refractivity contribution in [3.8, 4) is 5.75 Å². The molecule has 0 aromatic heterocycles. The smallest absolute Gasteiger partial charge is 0.404 e. The maximum atomic E-state index is 12.0. The molecule has 104 valence electrons. The Balaban J connectivity index is 2.77. The lowest BCUT2D eigenvalue weighted by Gasteiger charge is -2.12. The molecule has 1 amide bonds. The van der Waals surface area contributed by atoms with E-state index in [1.54, 1.807) is 18.2 Å². The van der Waals surface area contributed by atoms with Crippen molar-refractivity contribution in [3.05, 3.63) is 28.2 Å². The molecule has 5 nitrogen and oxygen atoms in total. The van der Waals surface area contributed by atoms with Crippen molar-refractivity contribution in [1.29, 1.82) is 0 Å². The predicted octanol–water partition coefficient (Wildman–Crippen LogP) is 2.93. The molecule has 0 bridgehead atoms. The molecule has 0 heterocycles. The monoisotopic (exact) mass is 329 g/mol. The fourth-order valence-corrected chi connectivity index (χ4v) is 1.79. The first-order valence-electron chi connectivity index (χ1n) is 5.85. The van der Waals surface area contributed by atoms with Crippen LogP contribution in [0.15, 0.2) is 22.7 Å². The molecule has 0 radical (unpaired) electrons. The van der Waals surface area contributed by atoms with Gasteiger partial charge in [0, 0.05) is 10.4 Å². The quantitative estimate of drug-likeness (QED) is 0.621. The van der Waals surface area contributed by atoms with Gasteiger partial charge in [0.25, 0.3) is 0 Å². The van der Waals surface area contributed by atoms with E-state index in [9.17, 15) is 9.59 Å². The first-order chi connectivity index (χ1) is 8.91. The fourth-order valence-electron chi connectivity index (χ4n) is 1.45. The van der Waals surface area contributed by atoms with Crippen molar-refractivity contribution in [2.45, 2.75) is 13.8 Å². The number of ether oxygens (including phenoxy) is 1. The number of hydrogen-bond acceptors (Lipinski definition) is 3. The van der Waals surface area contributed by atoms with Crippen molar-refractivity contribution in [1.82, 2.24) is 5.32 Å². The molecule has 19 heavy (non-hydrogen) atoms. The molecular formula is C13H16BrNO4. The lowest BCUT2D eigenvalue weighted by atomic mass is 10.0. The van der Waals surface area contributed by atoms with E-state index in [0.29, 0.717) is 11.3 Å². The van der Waals surface area contributed by atoms with E-state index in [1.807, 2.05) is 13.8 Å². The first kappa shape index (κ1) is 15.5. The molecule has 0 saturated carbocycles. The number of carbonyl (C=O) groups excluding carboxylic acids is 1. The molecule has 0 saturated heterocycles. The summed E-state index contributed by atoms with van der Waals surface area (Å²) in [6.45, 7) is 3.97. The van der Waals surface area contributed by atoms with Crippen LogP contribution in [-0.2, 0) is 0 Å². The molecule has 0 aliphatic rings. The predicted molar refractivity (Wildman–Crippen MR) is 74.8 cm³/mol. The summed E-state index contributed by atoms with van der Waals surface area (Å²) in [7, 11) is 0. The van der Waals surface area contributed by atoms with Crippen LogP contribution < -0.4 is 10.1 Å². The molecule has 0 spiro atoms. The molecule has 0 aliphatic carbocycles. The van der Waals surface area contributed by atoms with Gasteiger partial charge in [0.2, 0.25) is 0 Å². The molecule has 1 aromatic carbocycles. The van der Waals surface area contributed by atoms with Gasteiger partial charge in [-0.2, -0.15) is 0 Å². The summed E-state index contributed by atoms with van der Waals surface area (Å²) in [5, 5.41) is 10.6. The van der Waals surface area contributed by atoms with E-state index in [4.69, 9.17) is 9.84 Å². The Bertz CT molecular complexity index is 474. The van der Waals surface area contributed by atoms with Gasteiger partial charge in [-0.15, -0.1) is 0 Å². The number of carboxylic acid groups (broad SMARTS) is 1. The molecule has 1 rings (SSSR count). The average molecular weight is 330 g/mol. The van der Waals surface area contributed by atoms with Crippen LogP contribution in [0.2, 0.25) is 0 Å². The van der Waals surface area contributed by atoms with Gasteiger partial charge in [0.15, 0.2) is 5.78 Å². The molecular weight excluding hydrogens is 314 g/mol. The van der Waals surface area contributed by atoms with Crippen LogP contribution >= 0.6 is 15.9 Å². The first-order valence-corrected chi connectivity index (χ1v) is 6.64. The van der Waals surface area contributed by atoms with E-state index < -0.39 is 6.09 Å². The van der Waals surface area contributed by atoms with Crippen molar-refractivity contribution >= 4 is 27.8 Å². The van der Waals surface area contributed by atoms with Gasteiger partial charge in [0.1, 0.15) is 12.4 Å². The minimum absolute atomic E-state index is 0.00584. The van der Waals surface area contributed by atoms with E-state index in [0.717, 1.165) is 4.47 Å². The molecule has 0 atom stereocenters. The third kappa shape index (κ3) is 4.90. The Hall–Kier alpha value is -1.56. The Morgan fingerprint density at radius 2 is 2.11 bits per heavy atom. The summed E-state index contributed by atoms with van der Waals surface area (Å²) >= 11 is 3.31. The third-order valence-corrected chi connectivity index (χ3v) is 2.86. The second-order valence-electron chi connectivity index (χ2n) is 4.24. The number of hydrogen-bond donors (Lipinski definition) is 2. The van der Waals surface area contributed by atoms with E-state index in [1.165, 1.54) is 0 Å². The zero-order valence-electron chi connectivity index (χ0n) is 10.8.